The van der Waals surface area contributed by atoms with Crippen LogP contribution in [0.3, 0.4) is 0 Å². The van der Waals surface area contributed by atoms with E-state index in [9.17, 15) is 0 Å². The molecule has 0 aliphatic carbocycles. The van der Waals surface area contributed by atoms with Crippen molar-refractivity contribution in [3.05, 3.63) is 0 Å². The molecule has 0 amide bonds. The number of nitrogens with zero attached hydrogens (tertiary/aromatic N) is 4. The van der Waals surface area contributed by atoms with E-state index < -0.39 is 0 Å². The van der Waals surface area contributed by atoms with Gasteiger partial charge in [0.05, 0.1) is 98.0 Å². The molecule has 6 atom stereocenters. The summed E-state index contributed by atoms with van der Waals surface area (Å²) in [5, 5.41) is 0. The number of rotatable bonds is 20. The molecule has 0 bridgehead atoms. The summed E-state index contributed by atoms with van der Waals surface area (Å²) in [5.74, 6) is 0. The van der Waals surface area contributed by atoms with E-state index in [0.717, 1.165) is 25.9 Å². The van der Waals surface area contributed by atoms with Gasteiger partial charge in [-0.25, -0.2) is 0 Å². The molecule has 14 nitrogen and oxygen atoms in total. The minimum absolute atomic E-state index is 0.0390. The summed E-state index contributed by atoms with van der Waals surface area (Å²) < 4.78 is 33.2. The van der Waals surface area contributed by atoms with Crippen molar-refractivity contribution in [2.24, 2.45) is 0 Å². The van der Waals surface area contributed by atoms with Crippen LogP contribution in [0.25, 0.3) is 0 Å². The lowest BCUT2D eigenvalue weighted by Gasteiger charge is -2.42. The van der Waals surface area contributed by atoms with Crippen molar-refractivity contribution < 1.29 is 67.4 Å². The molecule has 3 rings (SSSR count). The standard InChI is InChI=1S/C26H56N4O10/c1-8-12-27(3)37-28(4,14-10-17-33-20-26-23-36-26)39-29(5,13-9-16-32-19-24(2)31-7)40-30(6,38-27)15-11-18-35-25-21-34-22-25/h24-26H,8-23H2,1-7H3/q+4. The van der Waals surface area contributed by atoms with Crippen LogP contribution in [-0.4, -0.2) is 152 Å². The van der Waals surface area contributed by atoms with E-state index in [1.807, 2.05) is 35.1 Å². The SMILES string of the molecule is CCC[N+]1(C)O[N+](C)(CCCOCC2CO2)O[N+](C)(CCCOCC(C)OC)O[N+](C)(CCCOC2COC2)O1. The molecule has 0 aromatic heterocycles. The van der Waals surface area contributed by atoms with Gasteiger partial charge in [0.2, 0.25) is 0 Å². The predicted octanol–water partition coefficient (Wildman–Crippen LogP) is 1.64. The molecule has 40 heavy (non-hydrogen) atoms. The van der Waals surface area contributed by atoms with Gasteiger partial charge < -0.3 is 28.4 Å². The van der Waals surface area contributed by atoms with Crippen LogP contribution in [-0.2, 0) is 48.2 Å². The number of hydrogen-bond acceptors (Lipinski definition) is 10. The molecule has 14 heteroatoms. The molecule has 3 heterocycles. The molecule has 0 radical (unpaired) electrons. The maximum Gasteiger partial charge on any atom is 0.156 e. The van der Waals surface area contributed by atoms with Gasteiger partial charge in [0.15, 0.2) is 26.2 Å². The molecule has 0 aromatic carbocycles. The van der Waals surface area contributed by atoms with Gasteiger partial charge in [0.25, 0.3) is 0 Å². The third kappa shape index (κ3) is 12.0. The Labute approximate surface area is 239 Å². The van der Waals surface area contributed by atoms with Crippen LogP contribution in [0, 0.1) is 0 Å². The van der Waals surface area contributed by atoms with Crippen molar-refractivity contribution in [1.29, 1.82) is 0 Å². The fraction of sp³-hybridized carbons (Fsp3) is 1.00. The van der Waals surface area contributed by atoms with Crippen molar-refractivity contribution >= 4 is 0 Å². The van der Waals surface area contributed by atoms with Gasteiger partial charge >= 0.3 is 0 Å². The van der Waals surface area contributed by atoms with E-state index in [1.165, 1.54) is 0 Å². The van der Waals surface area contributed by atoms with Crippen molar-refractivity contribution in [1.82, 2.24) is 0 Å². The van der Waals surface area contributed by atoms with E-state index in [-0.39, 0.29) is 37.6 Å². The van der Waals surface area contributed by atoms with E-state index in [1.54, 1.807) is 7.11 Å². The zero-order valence-electron chi connectivity index (χ0n) is 25.9. The number of hydrogen-bond donors (Lipinski definition) is 0. The topological polar surface area (TPSA) is 95.6 Å². The maximum absolute atomic E-state index is 6.68. The Kier molecular flexibility index (Phi) is 13.4. The highest BCUT2D eigenvalue weighted by Gasteiger charge is 2.60. The summed E-state index contributed by atoms with van der Waals surface area (Å²) in [7, 11) is 9.24. The molecule has 3 fully saturated rings. The second-order valence-corrected chi connectivity index (χ2v) is 11.5. The molecule has 3 aliphatic rings. The smallest absolute Gasteiger partial charge is 0.156 e. The van der Waals surface area contributed by atoms with E-state index in [4.69, 9.17) is 48.2 Å². The lowest BCUT2D eigenvalue weighted by Crippen LogP contribution is -2.72. The zero-order valence-corrected chi connectivity index (χ0v) is 25.9. The van der Waals surface area contributed by atoms with Crippen LogP contribution < -0.4 is 0 Å². The van der Waals surface area contributed by atoms with Crippen LogP contribution in [0.2, 0.25) is 0 Å². The van der Waals surface area contributed by atoms with Crippen LogP contribution in [0.4, 0.5) is 0 Å². The summed E-state index contributed by atoms with van der Waals surface area (Å²) in [5.41, 5.74) is 0. The Morgan fingerprint density at radius 1 is 0.725 bits per heavy atom. The van der Waals surface area contributed by atoms with Crippen LogP contribution in [0.15, 0.2) is 0 Å². The van der Waals surface area contributed by atoms with Gasteiger partial charge in [0.1, 0.15) is 40.4 Å². The number of methoxy groups -OCH3 is 1. The summed E-state index contributed by atoms with van der Waals surface area (Å²) in [4.78, 5) is 25.9. The molecule has 3 saturated heterocycles. The Morgan fingerprint density at radius 3 is 1.68 bits per heavy atom. The highest BCUT2D eigenvalue weighted by atomic mass is 17.4. The third-order valence-corrected chi connectivity index (χ3v) is 6.85. The largest absolute Gasteiger partial charge is 0.379 e. The highest BCUT2D eigenvalue weighted by Crippen LogP contribution is 2.31. The summed E-state index contributed by atoms with van der Waals surface area (Å²) in [6.07, 6.45) is 3.44. The van der Waals surface area contributed by atoms with Crippen LogP contribution >= 0.6 is 0 Å². The van der Waals surface area contributed by atoms with Crippen LogP contribution in [0.1, 0.15) is 39.5 Å². The molecule has 0 saturated carbocycles. The Bertz CT molecular complexity index is 736. The molecule has 0 aromatic rings. The summed E-state index contributed by atoms with van der Waals surface area (Å²) in [6, 6.07) is 0. The zero-order chi connectivity index (χ0) is 29.1. The second kappa shape index (κ2) is 15.8. The monoisotopic (exact) mass is 584 g/mol. The number of ether oxygens (including phenoxy) is 6. The lowest BCUT2D eigenvalue weighted by molar-refractivity contribution is -1.66. The first kappa shape index (κ1) is 33.9. The molecule has 236 valence electrons. The minimum Gasteiger partial charge on any atom is -0.379 e. The van der Waals surface area contributed by atoms with Crippen molar-refractivity contribution in [2.75, 3.05) is 114 Å². The first-order valence-corrected chi connectivity index (χ1v) is 14.8. The molecule has 6 unspecified atom stereocenters. The summed E-state index contributed by atoms with van der Waals surface area (Å²) >= 11 is 0. The van der Waals surface area contributed by atoms with Gasteiger partial charge in [-0.15, -0.1) is 0 Å². The number of epoxide rings is 1. The predicted molar refractivity (Wildman–Crippen MR) is 141 cm³/mol. The molecule has 0 spiro atoms. The number of hydroxylamine groups is 16. The van der Waals surface area contributed by atoms with Crippen molar-refractivity contribution in [2.45, 2.75) is 57.8 Å². The van der Waals surface area contributed by atoms with Gasteiger partial charge in [-0.2, -0.15) is 0 Å². The fourth-order valence-corrected chi connectivity index (χ4v) is 4.77. The molecular weight excluding hydrogens is 528 g/mol. The lowest BCUT2D eigenvalue weighted by atomic mass is 10.3. The van der Waals surface area contributed by atoms with E-state index >= 15 is 0 Å². The highest BCUT2D eigenvalue weighted by molar-refractivity contribution is 4.67. The van der Waals surface area contributed by atoms with Gasteiger partial charge in [-0.3, -0.25) is 0 Å². The Morgan fingerprint density at radius 2 is 1.23 bits per heavy atom. The minimum atomic E-state index is -0.198. The Balaban J connectivity index is 1.68. The Hall–Kier alpha value is -0.560. The average Bonchev–Trinajstić information content (AvgIpc) is 3.65. The normalized spacial score (nSPS) is 35.6. The molecule has 0 N–H and O–H groups in total. The van der Waals surface area contributed by atoms with Crippen molar-refractivity contribution in [3.63, 3.8) is 0 Å². The van der Waals surface area contributed by atoms with Crippen LogP contribution in [0.5, 0.6) is 0 Å². The van der Waals surface area contributed by atoms with E-state index in [2.05, 4.69) is 6.92 Å². The maximum atomic E-state index is 6.68. The van der Waals surface area contributed by atoms with Gasteiger partial charge in [0, 0.05) is 32.8 Å². The van der Waals surface area contributed by atoms with E-state index in [0.29, 0.717) is 78.8 Å². The molecular formula is C26H56N4O10+4. The second-order valence-electron chi connectivity index (χ2n) is 11.5. The quantitative estimate of drug-likeness (QED) is 0.119. The van der Waals surface area contributed by atoms with Gasteiger partial charge in [-0.1, -0.05) is 6.92 Å². The molecule has 3 aliphatic heterocycles. The first-order valence-electron chi connectivity index (χ1n) is 14.8. The first-order chi connectivity index (χ1) is 19.0. The van der Waals surface area contributed by atoms with Gasteiger partial charge in [-0.05, 0) is 6.92 Å². The average molecular weight is 585 g/mol. The third-order valence-electron chi connectivity index (χ3n) is 6.85. The fourth-order valence-electron chi connectivity index (χ4n) is 4.77. The van der Waals surface area contributed by atoms with Crippen molar-refractivity contribution in [3.8, 4) is 0 Å². The number of quaternary nitrogens is 4. The summed E-state index contributed by atoms with van der Waals surface area (Å²) in [6.45, 7) is 11.2.